The van der Waals surface area contributed by atoms with Crippen LogP contribution < -0.4 is 0 Å². The van der Waals surface area contributed by atoms with Gasteiger partial charge in [-0.05, 0) is 41.9 Å². The molecule has 0 fully saturated rings. The summed E-state index contributed by atoms with van der Waals surface area (Å²) in [6, 6.07) is 0.428. The van der Waals surface area contributed by atoms with Gasteiger partial charge < -0.3 is 4.90 Å². The van der Waals surface area contributed by atoms with Crippen LogP contribution in [0.2, 0.25) is 0 Å². The van der Waals surface area contributed by atoms with Gasteiger partial charge in [0.25, 0.3) is 0 Å². The van der Waals surface area contributed by atoms with Gasteiger partial charge in [0.2, 0.25) is 0 Å². The Hall–Kier alpha value is -0.420. The fourth-order valence-corrected chi connectivity index (χ4v) is 4.01. The number of nitrogens with zero attached hydrogens (tertiary/aromatic N) is 3. The molecule has 0 spiro atoms. The van der Waals surface area contributed by atoms with Crippen LogP contribution in [0.1, 0.15) is 20.3 Å². The predicted octanol–water partition coefficient (Wildman–Crippen LogP) is 2.76. The van der Waals surface area contributed by atoms with Crippen molar-refractivity contribution >= 4 is 32.5 Å². The summed E-state index contributed by atoms with van der Waals surface area (Å²) < 4.78 is 0. The highest BCUT2D eigenvalue weighted by molar-refractivity contribution is 8.84. The molecule has 0 saturated carbocycles. The van der Waals surface area contributed by atoms with Crippen molar-refractivity contribution in [3.63, 3.8) is 0 Å². The van der Waals surface area contributed by atoms with Crippen molar-refractivity contribution in [2.75, 3.05) is 14.1 Å². The lowest BCUT2D eigenvalue weighted by Crippen LogP contribution is -2.15. The molecule has 1 unspecified atom stereocenters. The van der Waals surface area contributed by atoms with Crippen LogP contribution >= 0.6 is 21.6 Å². The first-order chi connectivity index (χ1) is 7.08. The van der Waals surface area contributed by atoms with Crippen molar-refractivity contribution in [3.05, 3.63) is 10.6 Å². The minimum absolute atomic E-state index is 0.428. The van der Waals surface area contributed by atoms with E-state index in [4.69, 9.17) is 0 Å². The maximum atomic E-state index is 4.62. The van der Waals surface area contributed by atoms with Crippen molar-refractivity contribution in [3.8, 4) is 0 Å². The van der Waals surface area contributed by atoms with Gasteiger partial charge in [0.15, 0.2) is 5.17 Å². The van der Waals surface area contributed by atoms with E-state index in [2.05, 4.69) is 28.7 Å². The van der Waals surface area contributed by atoms with Gasteiger partial charge in [-0.25, -0.2) is 4.99 Å². The summed E-state index contributed by atoms with van der Waals surface area (Å²) in [4.78, 5) is 11.2. The van der Waals surface area contributed by atoms with Gasteiger partial charge in [0.05, 0.1) is 6.04 Å². The smallest absolute Gasteiger partial charge is 0.175 e. The van der Waals surface area contributed by atoms with Gasteiger partial charge in [-0.15, -0.1) is 0 Å². The van der Waals surface area contributed by atoms with E-state index in [1.165, 1.54) is 5.57 Å². The molecule has 82 valence electrons. The van der Waals surface area contributed by atoms with Crippen molar-refractivity contribution in [1.29, 1.82) is 0 Å². The van der Waals surface area contributed by atoms with E-state index in [0.717, 1.165) is 22.3 Å². The number of aliphatic imine (C=N–C) groups is 2. The van der Waals surface area contributed by atoms with Crippen molar-refractivity contribution in [2.24, 2.45) is 9.98 Å². The van der Waals surface area contributed by atoms with Crippen molar-refractivity contribution < 1.29 is 0 Å². The monoisotopic (exact) mass is 241 g/mol. The lowest BCUT2D eigenvalue weighted by molar-refractivity contribution is 0.637. The summed E-state index contributed by atoms with van der Waals surface area (Å²) in [6.45, 7) is 4.24. The molecule has 0 N–H and O–H groups in total. The molecule has 0 radical (unpaired) electrons. The zero-order valence-corrected chi connectivity index (χ0v) is 11.1. The largest absolute Gasteiger partial charge is 0.357 e. The summed E-state index contributed by atoms with van der Waals surface area (Å²) in [5.41, 5.74) is 2.49. The van der Waals surface area contributed by atoms with Crippen LogP contribution in [0.4, 0.5) is 0 Å². The van der Waals surface area contributed by atoms with Crippen LogP contribution in [0.25, 0.3) is 0 Å². The Morgan fingerprint density at radius 2 is 2.07 bits per heavy atom. The quantitative estimate of drug-likeness (QED) is 0.610. The van der Waals surface area contributed by atoms with Crippen molar-refractivity contribution in [1.82, 2.24) is 4.90 Å². The average molecular weight is 241 g/mol. The molecule has 0 aromatic heterocycles. The van der Waals surface area contributed by atoms with Gasteiger partial charge >= 0.3 is 0 Å². The Kier molecular flexibility index (Phi) is 3.11. The first-order valence-corrected chi connectivity index (χ1v) is 7.11. The molecule has 1 atom stereocenters. The Bertz CT molecular complexity index is 369. The topological polar surface area (TPSA) is 28.0 Å². The van der Waals surface area contributed by atoms with Crippen LogP contribution in [-0.2, 0) is 0 Å². The number of hydrogen-bond donors (Lipinski definition) is 0. The first-order valence-electron chi connectivity index (χ1n) is 4.96. The molecule has 0 bridgehead atoms. The Morgan fingerprint density at radius 3 is 2.53 bits per heavy atom. The number of rotatable bonds is 0. The normalized spacial score (nSPS) is 30.5. The third-order valence-corrected chi connectivity index (χ3v) is 4.74. The zero-order valence-electron chi connectivity index (χ0n) is 9.44. The van der Waals surface area contributed by atoms with Crippen molar-refractivity contribution in [2.45, 2.75) is 26.3 Å². The SMILES string of the molecule is CC1=NC(C)C/C1=C1/N=C(N(C)C)SS1. The average Bonchev–Trinajstić information content (AvgIpc) is 2.71. The van der Waals surface area contributed by atoms with Crippen LogP contribution in [0.15, 0.2) is 20.6 Å². The molecule has 5 heteroatoms. The standard InChI is InChI=1S/C10H15N3S2/c1-6-5-8(7(2)11-6)9-12-10(13(3)4)15-14-9/h6H,5H2,1-4H3/b9-8+. The fraction of sp³-hybridized carbons (Fsp3) is 0.600. The van der Waals surface area contributed by atoms with E-state index < -0.39 is 0 Å². The van der Waals surface area contributed by atoms with Crippen LogP contribution in [-0.4, -0.2) is 35.9 Å². The molecule has 0 saturated heterocycles. The molecule has 2 aliphatic rings. The Labute approximate surface area is 98.5 Å². The molecule has 2 aliphatic heterocycles. The van der Waals surface area contributed by atoms with Gasteiger partial charge in [-0.3, -0.25) is 4.99 Å². The highest BCUT2D eigenvalue weighted by Crippen LogP contribution is 2.43. The predicted molar refractivity (Wildman–Crippen MR) is 70.5 cm³/mol. The molecule has 0 aromatic carbocycles. The summed E-state index contributed by atoms with van der Waals surface area (Å²) in [6.07, 6.45) is 1.04. The van der Waals surface area contributed by atoms with E-state index in [1.54, 1.807) is 21.6 Å². The lowest BCUT2D eigenvalue weighted by atomic mass is 10.1. The van der Waals surface area contributed by atoms with Gasteiger partial charge in [0, 0.05) is 25.4 Å². The summed E-state index contributed by atoms with van der Waals surface area (Å²) >= 11 is 0. The van der Waals surface area contributed by atoms with E-state index >= 15 is 0 Å². The zero-order chi connectivity index (χ0) is 11.0. The molecule has 0 amide bonds. The maximum absolute atomic E-state index is 4.62. The second kappa shape index (κ2) is 4.22. The molecular formula is C10H15N3S2. The summed E-state index contributed by atoms with van der Waals surface area (Å²) in [7, 11) is 7.53. The minimum atomic E-state index is 0.428. The van der Waals surface area contributed by atoms with Gasteiger partial charge in [-0.1, -0.05) is 0 Å². The van der Waals surface area contributed by atoms with Gasteiger partial charge in [0.1, 0.15) is 5.03 Å². The highest BCUT2D eigenvalue weighted by atomic mass is 33.1. The van der Waals surface area contributed by atoms with E-state index in [-0.39, 0.29) is 0 Å². The molecular weight excluding hydrogens is 226 g/mol. The molecule has 15 heavy (non-hydrogen) atoms. The number of hydrogen-bond acceptors (Lipinski definition) is 5. The molecule has 0 aromatic rings. The second-order valence-corrected chi connectivity index (χ2v) is 6.09. The molecule has 2 rings (SSSR count). The van der Waals surface area contributed by atoms with Crippen LogP contribution in [0.3, 0.4) is 0 Å². The number of amidine groups is 1. The van der Waals surface area contributed by atoms with Crippen LogP contribution in [0, 0.1) is 0 Å². The highest BCUT2D eigenvalue weighted by Gasteiger charge is 2.24. The fourth-order valence-electron chi connectivity index (χ4n) is 1.63. The van der Waals surface area contributed by atoms with E-state index in [0.29, 0.717) is 6.04 Å². The molecule has 0 aliphatic carbocycles. The van der Waals surface area contributed by atoms with E-state index in [9.17, 15) is 0 Å². The maximum Gasteiger partial charge on any atom is 0.175 e. The lowest BCUT2D eigenvalue weighted by Gasteiger charge is -2.07. The summed E-state index contributed by atoms with van der Waals surface area (Å²) in [5.74, 6) is 0. The van der Waals surface area contributed by atoms with Gasteiger partial charge in [-0.2, -0.15) is 0 Å². The Balaban J connectivity index is 2.26. The molecule has 3 nitrogen and oxygen atoms in total. The molecule has 2 heterocycles. The second-order valence-electron chi connectivity index (χ2n) is 4.01. The summed E-state index contributed by atoms with van der Waals surface area (Å²) in [5, 5.41) is 2.23. The van der Waals surface area contributed by atoms with Crippen LogP contribution in [0.5, 0.6) is 0 Å². The third-order valence-electron chi connectivity index (χ3n) is 2.38. The van der Waals surface area contributed by atoms with E-state index in [1.807, 2.05) is 14.1 Å². The minimum Gasteiger partial charge on any atom is -0.357 e. The first kappa shape index (κ1) is 11.1. The third kappa shape index (κ3) is 2.23. The Morgan fingerprint density at radius 1 is 1.33 bits per heavy atom.